The minimum atomic E-state index is -0.637. The second-order valence-corrected chi connectivity index (χ2v) is 8.02. The van der Waals surface area contributed by atoms with Crippen LogP contribution >= 0.6 is 22.9 Å². The molecule has 0 fully saturated rings. The summed E-state index contributed by atoms with van der Waals surface area (Å²) in [4.78, 5) is 36.0. The lowest BCUT2D eigenvalue weighted by Gasteiger charge is -2.04. The highest BCUT2D eigenvalue weighted by Gasteiger charge is 2.20. The fraction of sp³-hybridized carbons (Fsp3) is 0.0952. The fourth-order valence-corrected chi connectivity index (χ4v) is 4.27. The van der Waals surface area contributed by atoms with Crippen molar-refractivity contribution in [2.45, 2.75) is 6.92 Å². The first-order chi connectivity index (χ1) is 14.8. The number of esters is 1. The molecular weight excluding hydrogens is 442 g/mol. The Kier molecular flexibility index (Phi) is 5.53. The van der Waals surface area contributed by atoms with Crippen LogP contribution in [0.1, 0.15) is 25.7 Å². The summed E-state index contributed by atoms with van der Waals surface area (Å²) in [7, 11) is 0. The van der Waals surface area contributed by atoms with E-state index in [0.717, 1.165) is 15.9 Å². The molecule has 2 heterocycles. The molecule has 2 aromatic carbocycles. The Morgan fingerprint density at radius 2 is 1.90 bits per heavy atom. The number of carbonyl (C=O) groups is 2. The van der Waals surface area contributed by atoms with E-state index in [2.05, 4.69) is 5.10 Å². The molecule has 0 radical (unpaired) electrons. The molecule has 8 nitrogen and oxygen atoms in total. The van der Waals surface area contributed by atoms with Crippen LogP contribution in [0.4, 0.5) is 5.69 Å². The number of benzene rings is 2. The van der Waals surface area contributed by atoms with Gasteiger partial charge in [0.2, 0.25) is 0 Å². The average Bonchev–Trinajstić information content (AvgIpc) is 3.33. The van der Waals surface area contributed by atoms with Crippen LogP contribution in [0.3, 0.4) is 0 Å². The minimum absolute atomic E-state index is 0.123. The number of fused-ring (bicyclic) bond motifs is 1. The van der Waals surface area contributed by atoms with Crippen molar-refractivity contribution in [2.24, 2.45) is 0 Å². The number of nitrogens with zero attached hydrogens (tertiary/aromatic N) is 3. The van der Waals surface area contributed by atoms with Crippen LogP contribution < -0.4 is 0 Å². The predicted molar refractivity (Wildman–Crippen MR) is 116 cm³/mol. The highest BCUT2D eigenvalue weighted by molar-refractivity contribution is 7.20. The number of nitro groups is 1. The second-order valence-electron chi connectivity index (χ2n) is 6.58. The van der Waals surface area contributed by atoms with E-state index in [1.807, 2.05) is 25.1 Å². The van der Waals surface area contributed by atoms with Crippen molar-refractivity contribution < 1.29 is 19.2 Å². The molecule has 0 bridgehead atoms. The number of carbonyl (C=O) groups excluding carboxylic acids is 2. The molecule has 0 spiro atoms. The molecule has 156 valence electrons. The molecule has 0 saturated carbocycles. The molecule has 4 aromatic rings. The molecule has 10 heteroatoms. The summed E-state index contributed by atoms with van der Waals surface area (Å²) in [5.41, 5.74) is 1.52. The lowest BCUT2D eigenvalue weighted by Crippen LogP contribution is -2.13. The van der Waals surface area contributed by atoms with Crippen LogP contribution in [0.25, 0.3) is 15.9 Å². The maximum Gasteiger partial charge on any atom is 0.348 e. The molecule has 0 amide bonds. The normalized spacial score (nSPS) is 10.9. The van der Waals surface area contributed by atoms with Crippen LogP contribution in [0.5, 0.6) is 0 Å². The Morgan fingerprint density at radius 1 is 1.19 bits per heavy atom. The summed E-state index contributed by atoms with van der Waals surface area (Å²) in [6.07, 6.45) is 0. The largest absolute Gasteiger partial charge is 0.453 e. The van der Waals surface area contributed by atoms with Gasteiger partial charge in [-0.15, -0.1) is 11.3 Å². The van der Waals surface area contributed by atoms with Gasteiger partial charge in [0.15, 0.2) is 12.4 Å². The topological polar surface area (TPSA) is 104 Å². The fourth-order valence-electron chi connectivity index (χ4n) is 2.99. The Hall–Kier alpha value is -3.56. The molecule has 0 N–H and O–H groups in total. The third-order valence-corrected chi connectivity index (χ3v) is 5.97. The van der Waals surface area contributed by atoms with Gasteiger partial charge in [0.1, 0.15) is 9.71 Å². The number of non-ortho nitro benzene ring substituents is 1. The van der Waals surface area contributed by atoms with Gasteiger partial charge in [-0.25, -0.2) is 9.48 Å². The number of aromatic nitrogens is 2. The number of ether oxygens (including phenoxy) is 1. The number of thiophene rings is 1. The standard InChI is InChI=1S/C21H14ClN3O5S/c1-12-15-10-19(31-20(15)24(23-12)17-5-3-2-4-16(17)22)21(27)30-11-18(26)13-6-8-14(9-7-13)25(28)29/h2-10H,11H2,1H3. The number of rotatable bonds is 6. The van der Waals surface area contributed by atoms with Crippen molar-refractivity contribution in [2.75, 3.05) is 6.61 Å². The van der Waals surface area contributed by atoms with Crippen LogP contribution in [0.2, 0.25) is 5.02 Å². The Balaban J connectivity index is 1.52. The van der Waals surface area contributed by atoms with Gasteiger partial charge in [0.05, 0.1) is 21.3 Å². The third-order valence-electron chi connectivity index (χ3n) is 4.56. The predicted octanol–water partition coefficient (Wildman–Crippen LogP) is 5.00. The lowest BCUT2D eigenvalue weighted by atomic mass is 10.1. The first-order valence-corrected chi connectivity index (χ1v) is 10.2. The van der Waals surface area contributed by atoms with Crippen molar-refractivity contribution in [3.05, 3.63) is 85.9 Å². The number of aryl methyl sites for hydroxylation is 1. The van der Waals surface area contributed by atoms with E-state index in [0.29, 0.717) is 15.6 Å². The average molecular weight is 456 g/mol. The van der Waals surface area contributed by atoms with E-state index >= 15 is 0 Å². The zero-order chi connectivity index (χ0) is 22.1. The molecule has 2 aromatic heterocycles. The Bertz CT molecular complexity index is 1330. The Labute approximate surface area is 184 Å². The van der Waals surface area contributed by atoms with Gasteiger partial charge in [-0.2, -0.15) is 5.10 Å². The van der Waals surface area contributed by atoms with Crippen molar-refractivity contribution in [1.82, 2.24) is 9.78 Å². The molecule has 0 aliphatic carbocycles. The van der Waals surface area contributed by atoms with Crippen LogP contribution in [-0.4, -0.2) is 33.1 Å². The van der Waals surface area contributed by atoms with Gasteiger partial charge in [0, 0.05) is 23.1 Å². The molecule has 4 rings (SSSR count). The monoisotopic (exact) mass is 455 g/mol. The van der Waals surface area contributed by atoms with Crippen molar-refractivity contribution >= 4 is 50.6 Å². The number of nitro benzene ring substituents is 1. The number of ketones is 1. The summed E-state index contributed by atoms with van der Waals surface area (Å²) >= 11 is 7.47. The zero-order valence-corrected chi connectivity index (χ0v) is 17.6. The van der Waals surface area contributed by atoms with E-state index in [1.54, 1.807) is 16.8 Å². The molecule has 0 unspecified atom stereocenters. The van der Waals surface area contributed by atoms with E-state index in [-0.39, 0.29) is 11.3 Å². The summed E-state index contributed by atoms with van der Waals surface area (Å²) in [6.45, 7) is 1.36. The number of para-hydroxylation sites is 1. The first kappa shape index (κ1) is 20.7. The summed E-state index contributed by atoms with van der Waals surface area (Å²) in [5, 5.41) is 16.5. The quantitative estimate of drug-likeness (QED) is 0.175. The highest BCUT2D eigenvalue weighted by atomic mass is 35.5. The van der Waals surface area contributed by atoms with Crippen molar-refractivity contribution in [3.8, 4) is 5.69 Å². The van der Waals surface area contributed by atoms with Gasteiger partial charge < -0.3 is 4.74 Å². The van der Waals surface area contributed by atoms with Gasteiger partial charge in [-0.3, -0.25) is 14.9 Å². The van der Waals surface area contributed by atoms with Crippen LogP contribution in [0, 0.1) is 17.0 Å². The molecule has 0 saturated heterocycles. The maximum atomic E-state index is 12.5. The van der Waals surface area contributed by atoms with Gasteiger partial charge in [-0.05, 0) is 37.3 Å². The number of halogens is 1. The minimum Gasteiger partial charge on any atom is -0.453 e. The number of hydrogen-bond donors (Lipinski definition) is 0. The van der Waals surface area contributed by atoms with E-state index < -0.39 is 23.3 Å². The van der Waals surface area contributed by atoms with Crippen LogP contribution in [0.15, 0.2) is 54.6 Å². The molecule has 31 heavy (non-hydrogen) atoms. The molecule has 0 aliphatic heterocycles. The molecular formula is C21H14ClN3O5S. The van der Waals surface area contributed by atoms with E-state index in [9.17, 15) is 19.7 Å². The van der Waals surface area contributed by atoms with Gasteiger partial charge >= 0.3 is 5.97 Å². The SMILES string of the molecule is Cc1nn(-c2ccccc2Cl)c2sc(C(=O)OCC(=O)c3ccc([N+](=O)[O-])cc3)cc12. The van der Waals surface area contributed by atoms with Gasteiger partial charge in [-0.1, -0.05) is 23.7 Å². The van der Waals surface area contributed by atoms with E-state index in [4.69, 9.17) is 16.3 Å². The van der Waals surface area contributed by atoms with Crippen molar-refractivity contribution in [1.29, 1.82) is 0 Å². The molecule has 0 atom stereocenters. The summed E-state index contributed by atoms with van der Waals surface area (Å²) in [5.74, 6) is -1.09. The maximum absolute atomic E-state index is 12.5. The number of hydrogen-bond acceptors (Lipinski definition) is 7. The lowest BCUT2D eigenvalue weighted by molar-refractivity contribution is -0.384. The van der Waals surface area contributed by atoms with Crippen LogP contribution in [-0.2, 0) is 4.74 Å². The Morgan fingerprint density at radius 3 is 2.58 bits per heavy atom. The van der Waals surface area contributed by atoms with E-state index in [1.165, 1.54) is 35.6 Å². The first-order valence-electron chi connectivity index (χ1n) is 9.04. The third kappa shape index (κ3) is 4.05. The van der Waals surface area contributed by atoms with Crippen molar-refractivity contribution in [3.63, 3.8) is 0 Å². The summed E-state index contributed by atoms with van der Waals surface area (Å²) < 4.78 is 6.84. The smallest absolute Gasteiger partial charge is 0.348 e. The molecule has 0 aliphatic rings. The summed E-state index contributed by atoms with van der Waals surface area (Å²) in [6, 6.07) is 14.0. The second kappa shape index (κ2) is 8.29. The zero-order valence-electron chi connectivity index (χ0n) is 16.1. The number of Topliss-reactive ketones (excluding diaryl/α,β-unsaturated/α-hetero) is 1. The highest BCUT2D eigenvalue weighted by Crippen LogP contribution is 2.32. The van der Waals surface area contributed by atoms with Gasteiger partial charge in [0.25, 0.3) is 5.69 Å².